The van der Waals surface area contributed by atoms with Gasteiger partial charge >= 0.3 is 12.2 Å². The lowest BCUT2D eigenvalue weighted by molar-refractivity contribution is 0.0282. The van der Waals surface area contributed by atoms with E-state index in [0.717, 1.165) is 48.1 Å². The summed E-state index contributed by atoms with van der Waals surface area (Å²) in [6.07, 6.45) is 5.69. The number of hydrogen-bond acceptors (Lipinski definition) is 4. The summed E-state index contributed by atoms with van der Waals surface area (Å²) in [6, 6.07) is 29.8. The number of benzene rings is 4. The number of carbonyl (C=O) groups excluding carboxylic acids is 2. The molecule has 0 aliphatic carbocycles. The van der Waals surface area contributed by atoms with Crippen LogP contribution in [0.25, 0.3) is 21.8 Å². The van der Waals surface area contributed by atoms with Gasteiger partial charge in [0.25, 0.3) is 0 Å². The topological polar surface area (TPSA) is 79.8 Å². The van der Waals surface area contributed by atoms with Gasteiger partial charge in [0.05, 0.1) is 0 Å². The van der Waals surface area contributed by atoms with Crippen LogP contribution in [0.4, 0.5) is 18.4 Å². The molecule has 8 nitrogen and oxygen atoms in total. The van der Waals surface area contributed by atoms with Gasteiger partial charge in [-0.05, 0) is 113 Å². The van der Waals surface area contributed by atoms with Gasteiger partial charge in [-0.1, -0.05) is 84.0 Å². The van der Waals surface area contributed by atoms with Crippen molar-refractivity contribution in [3.8, 4) is 0 Å². The molecule has 2 aromatic heterocycles. The Morgan fingerprint density at radius 3 is 1.77 bits per heavy atom. The SMILES string of the molecule is C.CC(C)(C)OC(=O)N1CCC(c2c[nH]c3ccccc23)C1.CC(C)(C)OC(=O)N1CCC(c2cn(Cc3cccc(F)c3)c3ccccc23)C1.Fc1cccc(CBr)c1. The Labute approximate surface area is 362 Å². The van der Waals surface area contributed by atoms with Crippen LogP contribution in [0.15, 0.2) is 109 Å². The van der Waals surface area contributed by atoms with Gasteiger partial charge in [0.1, 0.15) is 22.8 Å². The smallest absolute Gasteiger partial charge is 0.410 e. The summed E-state index contributed by atoms with van der Waals surface area (Å²) < 4.78 is 39.1. The number of amides is 2. The Morgan fingerprint density at radius 1 is 0.700 bits per heavy atom. The zero-order valence-corrected chi connectivity index (χ0v) is 36.4. The number of aromatic amines is 1. The number of rotatable bonds is 5. The molecule has 6 aromatic rings. The molecule has 0 spiro atoms. The van der Waals surface area contributed by atoms with Crippen LogP contribution in [-0.2, 0) is 21.3 Å². The van der Waals surface area contributed by atoms with Crippen LogP contribution >= 0.6 is 15.9 Å². The lowest BCUT2D eigenvalue weighted by Gasteiger charge is -2.24. The lowest BCUT2D eigenvalue weighted by Crippen LogP contribution is -2.35. The summed E-state index contributed by atoms with van der Waals surface area (Å²) in [5, 5.41) is 3.17. The molecule has 8 rings (SSSR count). The minimum absolute atomic E-state index is 0. The summed E-state index contributed by atoms with van der Waals surface area (Å²) in [6.45, 7) is 14.8. The van der Waals surface area contributed by atoms with Crippen LogP contribution in [0, 0.1) is 11.6 Å². The molecule has 60 heavy (non-hydrogen) atoms. The number of carbonyl (C=O) groups is 2. The minimum atomic E-state index is -0.490. The first-order valence-electron chi connectivity index (χ1n) is 20.2. The van der Waals surface area contributed by atoms with Crippen molar-refractivity contribution in [1.82, 2.24) is 19.4 Å². The zero-order chi connectivity index (χ0) is 42.3. The van der Waals surface area contributed by atoms with Gasteiger partial charge in [-0.25, -0.2) is 18.4 Å². The molecule has 2 aliphatic rings. The number of halogens is 3. The molecule has 2 amide bonds. The highest BCUT2D eigenvalue weighted by Gasteiger charge is 2.33. The summed E-state index contributed by atoms with van der Waals surface area (Å²) in [5.74, 6) is 0.254. The third-order valence-electron chi connectivity index (χ3n) is 10.3. The molecule has 0 saturated carbocycles. The highest BCUT2D eigenvalue weighted by molar-refractivity contribution is 9.08. The Bertz CT molecular complexity index is 2360. The number of nitrogens with zero attached hydrogens (tertiary/aromatic N) is 3. The number of para-hydroxylation sites is 2. The van der Waals surface area contributed by atoms with Crippen molar-refractivity contribution in [2.24, 2.45) is 0 Å². The van der Waals surface area contributed by atoms with Gasteiger partial charge in [0.2, 0.25) is 0 Å². The van der Waals surface area contributed by atoms with E-state index in [2.05, 4.69) is 68.2 Å². The molecule has 0 radical (unpaired) electrons. The summed E-state index contributed by atoms with van der Waals surface area (Å²) in [5.41, 5.74) is 5.80. The Balaban J connectivity index is 0.000000192. The Kier molecular flexibility index (Phi) is 15.3. The fraction of sp³-hybridized carbons (Fsp3) is 0.388. The molecular weight excluding hydrogens is 826 g/mol. The monoisotopic (exact) mass is 884 g/mol. The molecule has 2 saturated heterocycles. The molecule has 4 aromatic carbocycles. The number of aromatic nitrogens is 2. The second kappa shape index (κ2) is 19.9. The van der Waals surface area contributed by atoms with Crippen LogP contribution in [0.3, 0.4) is 0 Å². The van der Waals surface area contributed by atoms with Crippen molar-refractivity contribution in [3.63, 3.8) is 0 Å². The van der Waals surface area contributed by atoms with Crippen molar-refractivity contribution < 1.29 is 27.8 Å². The Hall–Kier alpha value is -5.16. The highest BCUT2D eigenvalue weighted by Crippen LogP contribution is 2.35. The second-order valence-electron chi connectivity index (χ2n) is 17.2. The fourth-order valence-corrected chi connectivity index (χ4v) is 7.98. The van der Waals surface area contributed by atoms with Crippen LogP contribution in [0.1, 0.15) is 95.9 Å². The third kappa shape index (κ3) is 12.2. The van der Waals surface area contributed by atoms with E-state index in [0.29, 0.717) is 30.9 Å². The van der Waals surface area contributed by atoms with E-state index in [-0.39, 0.29) is 37.2 Å². The standard InChI is InChI=1S/C24H27FN2O2.C17H22N2O2.C7H6BrF.CH4/c1-24(2,3)29-23(28)26-12-11-18(15-26)21-16-27(22-10-5-4-9-20(21)22)14-17-7-6-8-19(25)13-17;1-17(2,3)21-16(20)19-9-8-12(11-19)14-10-18-15-7-5-4-6-13(14)15;8-5-6-2-1-3-7(9)4-6;/h4-10,13,16,18H,11-12,14-15H2,1-3H3;4-7,10,12,18H,8-9,11H2,1-3H3;1-4H,5H2;1H4. The summed E-state index contributed by atoms with van der Waals surface area (Å²) in [7, 11) is 0. The van der Waals surface area contributed by atoms with E-state index >= 15 is 0 Å². The number of hydrogen-bond donors (Lipinski definition) is 1. The average molecular weight is 886 g/mol. The van der Waals surface area contributed by atoms with Crippen molar-refractivity contribution in [1.29, 1.82) is 0 Å². The van der Waals surface area contributed by atoms with Crippen LogP contribution in [-0.4, -0.2) is 68.9 Å². The van der Waals surface area contributed by atoms with E-state index in [4.69, 9.17) is 9.47 Å². The van der Waals surface area contributed by atoms with E-state index in [1.165, 1.54) is 40.1 Å². The lowest BCUT2D eigenvalue weighted by atomic mass is 9.98. The van der Waals surface area contributed by atoms with Gasteiger partial charge in [0, 0.05) is 84.1 Å². The molecule has 0 bridgehead atoms. The zero-order valence-electron chi connectivity index (χ0n) is 34.8. The maximum absolute atomic E-state index is 13.6. The van der Waals surface area contributed by atoms with E-state index < -0.39 is 11.2 Å². The molecular formula is C49H59BrF2N4O4. The van der Waals surface area contributed by atoms with Crippen molar-refractivity contribution in [2.75, 3.05) is 26.2 Å². The number of ether oxygens (including phenoxy) is 2. The first-order valence-corrected chi connectivity index (χ1v) is 21.3. The number of fused-ring (bicyclic) bond motifs is 2. The predicted octanol–water partition coefficient (Wildman–Crippen LogP) is 12.8. The second-order valence-corrected chi connectivity index (χ2v) is 17.8. The van der Waals surface area contributed by atoms with Crippen molar-refractivity contribution >= 4 is 49.9 Å². The molecule has 2 aliphatic heterocycles. The van der Waals surface area contributed by atoms with Crippen molar-refractivity contribution in [3.05, 3.63) is 143 Å². The highest BCUT2D eigenvalue weighted by atomic mass is 79.9. The number of H-pyrrole nitrogens is 1. The van der Waals surface area contributed by atoms with E-state index in [9.17, 15) is 18.4 Å². The van der Waals surface area contributed by atoms with Gasteiger partial charge in [-0.2, -0.15) is 0 Å². The molecule has 320 valence electrons. The minimum Gasteiger partial charge on any atom is -0.444 e. The molecule has 1 N–H and O–H groups in total. The molecule has 2 atom stereocenters. The maximum Gasteiger partial charge on any atom is 0.410 e. The first-order chi connectivity index (χ1) is 28.1. The van der Waals surface area contributed by atoms with Crippen molar-refractivity contribution in [2.45, 2.75) is 96.7 Å². The summed E-state index contributed by atoms with van der Waals surface area (Å²) >= 11 is 3.22. The molecule has 11 heteroatoms. The van der Waals surface area contributed by atoms with Gasteiger partial charge in [-0.15, -0.1) is 0 Å². The Morgan fingerprint density at radius 2 is 1.22 bits per heavy atom. The fourth-order valence-electron chi connectivity index (χ4n) is 7.63. The quantitative estimate of drug-likeness (QED) is 0.175. The maximum atomic E-state index is 13.6. The number of alkyl halides is 1. The molecule has 2 fully saturated rings. The average Bonchev–Trinajstić information content (AvgIpc) is 4.00. The molecule has 2 unspecified atom stereocenters. The van der Waals surface area contributed by atoms with E-state index in [1.54, 1.807) is 23.1 Å². The van der Waals surface area contributed by atoms with E-state index in [1.807, 2.05) is 76.8 Å². The predicted molar refractivity (Wildman–Crippen MR) is 242 cm³/mol. The van der Waals surface area contributed by atoms with Crippen LogP contribution < -0.4 is 0 Å². The molecule has 4 heterocycles. The number of nitrogens with one attached hydrogen (secondary N) is 1. The van der Waals surface area contributed by atoms with Gasteiger partial charge in [0.15, 0.2) is 0 Å². The number of likely N-dealkylation sites (tertiary alicyclic amines) is 2. The summed E-state index contributed by atoms with van der Waals surface area (Å²) in [4.78, 5) is 31.5. The first kappa shape index (κ1) is 45.9. The van der Waals surface area contributed by atoms with Gasteiger partial charge < -0.3 is 28.8 Å². The van der Waals surface area contributed by atoms with Gasteiger partial charge in [-0.3, -0.25) is 0 Å². The van der Waals surface area contributed by atoms with Crippen LogP contribution in [0.5, 0.6) is 0 Å². The largest absolute Gasteiger partial charge is 0.444 e. The normalized spacial score (nSPS) is 16.4. The van der Waals surface area contributed by atoms with Crippen LogP contribution in [0.2, 0.25) is 0 Å². The third-order valence-corrected chi connectivity index (χ3v) is 10.9.